The van der Waals surface area contributed by atoms with Crippen LogP contribution < -0.4 is 5.43 Å². The van der Waals surface area contributed by atoms with E-state index in [9.17, 15) is 4.79 Å². The van der Waals surface area contributed by atoms with Gasteiger partial charge in [0.25, 0.3) is 0 Å². The molecule has 1 aliphatic heterocycles. The Kier molecular flexibility index (Phi) is 4.96. The lowest BCUT2D eigenvalue weighted by atomic mass is 10.2. The van der Waals surface area contributed by atoms with Crippen LogP contribution in [0.5, 0.6) is 0 Å². The molecule has 2 heterocycles. The summed E-state index contributed by atoms with van der Waals surface area (Å²) in [5.41, 5.74) is 7.14. The molecule has 0 atom stereocenters. The van der Waals surface area contributed by atoms with Crippen molar-refractivity contribution in [2.45, 2.75) is 6.92 Å². The zero-order chi connectivity index (χ0) is 18.8. The summed E-state index contributed by atoms with van der Waals surface area (Å²) in [6.45, 7) is 2.13. The van der Waals surface area contributed by atoms with E-state index in [1.54, 1.807) is 17.3 Å². The molecule has 0 fully saturated rings. The number of nitrogens with zero attached hydrogens (tertiary/aromatic N) is 2. The summed E-state index contributed by atoms with van der Waals surface area (Å²) in [7, 11) is 0. The molecule has 3 aromatic rings. The highest BCUT2D eigenvalue weighted by molar-refractivity contribution is 8.02. The molecular formula is C19H17ClN4O2S. The third-order valence-corrected chi connectivity index (χ3v) is 5.18. The molecule has 27 heavy (non-hydrogen) atoms. The van der Waals surface area contributed by atoms with Crippen LogP contribution in [0.3, 0.4) is 0 Å². The average Bonchev–Trinajstić information content (AvgIpc) is 3.30. The van der Waals surface area contributed by atoms with Crippen molar-refractivity contribution in [2.75, 3.05) is 17.9 Å². The molecule has 0 spiro atoms. The number of thioether (sulfide) groups is 1. The number of H-pyrrole nitrogens is 1. The van der Waals surface area contributed by atoms with Crippen molar-refractivity contribution in [1.82, 2.24) is 15.0 Å². The Hall–Kier alpha value is -2.64. The number of aromatic amines is 1. The minimum absolute atomic E-state index is 0.339. The van der Waals surface area contributed by atoms with Gasteiger partial charge in [0, 0.05) is 11.0 Å². The van der Waals surface area contributed by atoms with Gasteiger partial charge in [-0.3, -0.25) is 10.4 Å². The standard InChI is InChI=1S/C19H17ClN4O2S/c1-2-26-19(25)17-10-27-11-24(17)23-12-7-8-14(20)13(9-12)18-21-15-5-3-4-6-16(15)22-18/h3-10,23H,2,11H2,1H3,(H,21,22). The van der Waals surface area contributed by atoms with E-state index in [-0.39, 0.29) is 5.97 Å². The Morgan fingerprint density at radius 3 is 3.04 bits per heavy atom. The van der Waals surface area contributed by atoms with E-state index in [2.05, 4.69) is 15.4 Å². The van der Waals surface area contributed by atoms with E-state index in [4.69, 9.17) is 16.3 Å². The SMILES string of the molecule is CCOC(=O)C1=CSCN1Nc1ccc(Cl)c(-c2nc3ccccc3[nH]2)c1. The van der Waals surface area contributed by atoms with Crippen molar-refractivity contribution in [3.63, 3.8) is 0 Å². The van der Waals surface area contributed by atoms with Gasteiger partial charge >= 0.3 is 5.97 Å². The number of carbonyl (C=O) groups excluding carboxylic acids is 1. The highest BCUT2D eigenvalue weighted by atomic mass is 35.5. The van der Waals surface area contributed by atoms with Gasteiger partial charge in [0.15, 0.2) is 0 Å². The lowest BCUT2D eigenvalue weighted by molar-refractivity contribution is -0.139. The maximum Gasteiger partial charge on any atom is 0.357 e. The number of hydrogen-bond acceptors (Lipinski definition) is 6. The Bertz CT molecular complexity index is 1000. The van der Waals surface area contributed by atoms with Crippen molar-refractivity contribution < 1.29 is 9.53 Å². The summed E-state index contributed by atoms with van der Waals surface area (Å²) in [5.74, 6) is 0.958. The van der Waals surface area contributed by atoms with Crippen LogP contribution in [0.1, 0.15) is 6.92 Å². The minimum Gasteiger partial charge on any atom is -0.461 e. The smallest absolute Gasteiger partial charge is 0.357 e. The zero-order valence-corrected chi connectivity index (χ0v) is 16.1. The fourth-order valence-electron chi connectivity index (χ4n) is 2.79. The Labute approximate surface area is 165 Å². The van der Waals surface area contributed by atoms with E-state index in [1.807, 2.05) is 42.5 Å². The van der Waals surface area contributed by atoms with E-state index < -0.39 is 0 Å². The summed E-state index contributed by atoms with van der Waals surface area (Å²) in [6, 6.07) is 13.4. The molecule has 1 aliphatic rings. The van der Waals surface area contributed by atoms with Crippen LogP contribution in [-0.2, 0) is 9.53 Å². The van der Waals surface area contributed by atoms with Gasteiger partial charge < -0.3 is 9.72 Å². The Balaban J connectivity index is 1.61. The second kappa shape index (κ2) is 7.54. The van der Waals surface area contributed by atoms with E-state index >= 15 is 0 Å². The largest absolute Gasteiger partial charge is 0.461 e. The molecule has 0 amide bonds. The van der Waals surface area contributed by atoms with Crippen molar-refractivity contribution in [2.24, 2.45) is 0 Å². The number of anilines is 1. The summed E-state index contributed by atoms with van der Waals surface area (Å²) >= 11 is 7.93. The first kappa shape index (κ1) is 17.8. The monoisotopic (exact) mass is 400 g/mol. The number of esters is 1. The third kappa shape index (κ3) is 3.61. The molecule has 0 radical (unpaired) electrons. The average molecular weight is 401 g/mol. The molecular weight excluding hydrogens is 384 g/mol. The van der Waals surface area contributed by atoms with Crippen LogP contribution in [-0.4, -0.2) is 33.4 Å². The fraction of sp³-hybridized carbons (Fsp3) is 0.158. The van der Waals surface area contributed by atoms with E-state index in [0.717, 1.165) is 22.3 Å². The van der Waals surface area contributed by atoms with Crippen molar-refractivity contribution in [1.29, 1.82) is 0 Å². The van der Waals surface area contributed by atoms with Gasteiger partial charge in [-0.2, -0.15) is 0 Å². The summed E-state index contributed by atoms with van der Waals surface area (Å²) < 4.78 is 5.10. The fourth-order valence-corrected chi connectivity index (χ4v) is 3.81. The third-order valence-electron chi connectivity index (χ3n) is 4.05. The van der Waals surface area contributed by atoms with Gasteiger partial charge in [-0.15, -0.1) is 11.8 Å². The number of imidazole rings is 1. The normalized spacial score (nSPS) is 13.7. The number of nitrogens with one attached hydrogen (secondary N) is 2. The van der Waals surface area contributed by atoms with Crippen LogP contribution in [0.25, 0.3) is 22.4 Å². The molecule has 0 saturated heterocycles. The zero-order valence-electron chi connectivity index (χ0n) is 14.5. The maximum atomic E-state index is 12.1. The number of halogens is 1. The molecule has 0 aliphatic carbocycles. The molecule has 138 valence electrons. The van der Waals surface area contributed by atoms with Gasteiger partial charge in [-0.1, -0.05) is 23.7 Å². The van der Waals surface area contributed by atoms with Gasteiger partial charge in [-0.25, -0.2) is 9.78 Å². The number of benzene rings is 2. The van der Waals surface area contributed by atoms with Crippen LogP contribution in [0.15, 0.2) is 53.6 Å². The first-order chi connectivity index (χ1) is 13.2. The second-order valence-corrected chi connectivity index (χ2v) is 7.09. The topological polar surface area (TPSA) is 70.2 Å². The molecule has 8 heteroatoms. The molecule has 1 aromatic heterocycles. The van der Waals surface area contributed by atoms with Crippen molar-refractivity contribution >= 4 is 46.1 Å². The van der Waals surface area contributed by atoms with Crippen LogP contribution in [0.2, 0.25) is 5.02 Å². The summed E-state index contributed by atoms with van der Waals surface area (Å²) in [4.78, 5) is 20.0. The predicted molar refractivity (Wildman–Crippen MR) is 109 cm³/mol. The van der Waals surface area contributed by atoms with Crippen LogP contribution in [0, 0.1) is 0 Å². The molecule has 0 saturated carbocycles. The van der Waals surface area contributed by atoms with Crippen molar-refractivity contribution in [3.8, 4) is 11.4 Å². The van der Waals surface area contributed by atoms with Gasteiger partial charge in [0.2, 0.25) is 0 Å². The number of para-hydroxylation sites is 2. The number of fused-ring (bicyclic) bond motifs is 1. The van der Waals surface area contributed by atoms with E-state index in [1.165, 1.54) is 11.8 Å². The first-order valence-corrected chi connectivity index (χ1v) is 9.86. The maximum absolute atomic E-state index is 12.1. The Morgan fingerprint density at radius 1 is 1.37 bits per heavy atom. The highest BCUT2D eigenvalue weighted by Crippen LogP contribution is 2.32. The number of ether oxygens (including phenoxy) is 1. The molecule has 2 aromatic carbocycles. The molecule has 0 bridgehead atoms. The van der Waals surface area contributed by atoms with Crippen LogP contribution >= 0.6 is 23.4 Å². The van der Waals surface area contributed by atoms with Crippen LogP contribution in [0.4, 0.5) is 5.69 Å². The number of carbonyl (C=O) groups is 1. The predicted octanol–water partition coefficient (Wildman–Crippen LogP) is 4.62. The number of hydrogen-bond donors (Lipinski definition) is 2. The highest BCUT2D eigenvalue weighted by Gasteiger charge is 2.24. The molecule has 0 unspecified atom stereocenters. The molecule has 2 N–H and O–H groups in total. The van der Waals surface area contributed by atoms with Gasteiger partial charge in [0.05, 0.1) is 34.2 Å². The van der Waals surface area contributed by atoms with Gasteiger partial charge in [0.1, 0.15) is 11.5 Å². The minimum atomic E-state index is -0.346. The molecule has 6 nitrogen and oxygen atoms in total. The number of aromatic nitrogens is 2. The second-order valence-electron chi connectivity index (χ2n) is 5.86. The lowest BCUT2D eigenvalue weighted by Gasteiger charge is -2.22. The lowest BCUT2D eigenvalue weighted by Crippen LogP contribution is -2.30. The molecule has 4 rings (SSSR count). The first-order valence-electron chi connectivity index (χ1n) is 8.43. The quantitative estimate of drug-likeness (QED) is 0.609. The van der Waals surface area contributed by atoms with Crippen molar-refractivity contribution in [3.05, 3.63) is 58.6 Å². The number of rotatable bonds is 5. The Morgan fingerprint density at radius 2 is 2.22 bits per heavy atom. The van der Waals surface area contributed by atoms with E-state index in [0.29, 0.717) is 29.0 Å². The van der Waals surface area contributed by atoms with Gasteiger partial charge in [-0.05, 0) is 37.3 Å². The summed E-state index contributed by atoms with van der Waals surface area (Å²) in [6.07, 6.45) is 0. The number of hydrazine groups is 1. The summed E-state index contributed by atoms with van der Waals surface area (Å²) in [5, 5.41) is 4.15.